The summed E-state index contributed by atoms with van der Waals surface area (Å²) >= 11 is 0. The zero-order valence-electron chi connectivity index (χ0n) is 15.6. The quantitative estimate of drug-likeness (QED) is 0.816. The zero-order chi connectivity index (χ0) is 18.5. The fourth-order valence-corrected chi connectivity index (χ4v) is 3.81. The Kier molecular flexibility index (Phi) is 5.58. The molecule has 27 heavy (non-hydrogen) atoms. The standard InChI is InChI=1S/C22H27N3O2/c26-22(27-16-17-5-2-1-3-6-17)21-8-4-7-18-15-19(9-10-20(18)24-21)25-13-11-23-12-14-25/h1-3,5-6,9-10,15,21,23-24H,4,7-8,11-14,16H2. The molecule has 1 saturated heterocycles. The highest BCUT2D eigenvalue weighted by atomic mass is 16.5. The van der Waals surface area contributed by atoms with Crippen molar-refractivity contribution in [3.63, 3.8) is 0 Å². The van der Waals surface area contributed by atoms with Gasteiger partial charge in [-0.05, 0) is 48.6 Å². The smallest absolute Gasteiger partial charge is 0.328 e. The molecule has 0 radical (unpaired) electrons. The molecule has 2 aromatic rings. The van der Waals surface area contributed by atoms with E-state index in [0.29, 0.717) is 6.61 Å². The van der Waals surface area contributed by atoms with Crippen molar-refractivity contribution >= 4 is 17.3 Å². The van der Waals surface area contributed by atoms with Gasteiger partial charge >= 0.3 is 5.97 Å². The number of hydrogen-bond donors (Lipinski definition) is 2. The van der Waals surface area contributed by atoms with E-state index in [1.54, 1.807) is 0 Å². The minimum absolute atomic E-state index is 0.169. The summed E-state index contributed by atoms with van der Waals surface area (Å²) in [5, 5.41) is 6.81. The second-order valence-electron chi connectivity index (χ2n) is 7.26. The number of esters is 1. The second kappa shape index (κ2) is 8.44. The molecule has 0 amide bonds. The molecule has 4 rings (SSSR count). The lowest BCUT2D eigenvalue weighted by Gasteiger charge is -2.30. The van der Waals surface area contributed by atoms with Gasteiger partial charge in [0, 0.05) is 37.6 Å². The Labute approximate surface area is 160 Å². The van der Waals surface area contributed by atoms with E-state index < -0.39 is 0 Å². The van der Waals surface area contributed by atoms with E-state index >= 15 is 0 Å². The summed E-state index contributed by atoms with van der Waals surface area (Å²) in [5.74, 6) is -0.169. The summed E-state index contributed by atoms with van der Waals surface area (Å²) in [4.78, 5) is 15.0. The molecule has 0 spiro atoms. The van der Waals surface area contributed by atoms with E-state index in [0.717, 1.165) is 56.7 Å². The summed E-state index contributed by atoms with van der Waals surface area (Å²) in [5.41, 5.74) is 4.65. The number of fused-ring (bicyclic) bond motifs is 1. The second-order valence-corrected chi connectivity index (χ2v) is 7.26. The summed E-state index contributed by atoms with van der Waals surface area (Å²) in [7, 11) is 0. The molecule has 2 aromatic carbocycles. The molecule has 1 unspecified atom stereocenters. The molecular weight excluding hydrogens is 338 g/mol. The van der Waals surface area contributed by atoms with Gasteiger partial charge in [0.15, 0.2) is 0 Å². The maximum absolute atomic E-state index is 12.5. The van der Waals surface area contributed by atoms with Gasteiger partial charge in [-0.15, -0.1) is 0 Å². The SMILES string of the molecule is O=C(OCc1ccccc1)C1CCCc2cc(N3CCNCC3)ccc2N1. The van der Waals surface area contributed by atoms with Crippen LogP contribution in [0.1, 0.15) is 24.0 Å². The molecule has 0 aliphatic carbocycles. The molecule has 2 N–H and O–H groups in total. The van der Waals surface area contributed by atoms with Crippen LogP contribution in [0.3, 0.4) is 0 Å². The first-order chi connectivity index (χ1) is 13.3. The van der Waals surface area contributed by atoms with Crippen molar-refractivity contribution in [3.05, 3.63) is 59.7 Å². The summed E-state index contributed by atoms with van der Waals surface area (Å²) < 4.78 is 5.54. The third kappa shape index (κ3) is 4.42. The molecule has 1 atom stereocenters. The molecule has 0 aromatic heterocycles. The van der Waals surface area contributed by atoms with Crippen LogP contribution in [0.2, 0.25) is 0 Å². The van der Waals surface area contributed by atoms with Gasteiger partial charge in [-0.1, -0.05) is 30.3 Å². The third-order valence-electron chi connectivity index (χ3n) is 5.35. The number of piperazine rings is 1. The predicted molar refractivity (Wildman–Crippen MR) is 108 cm³/mol. The highest BCUT2D eigenvalue weighted by Crippen LogP contribution is 2.29. The van der Waals surface area contributed by atoms with Gasteiger partial charge in [0.05, 0.1) is 0 Å². The molecule has 1 fully saturated rings. The lowest BCUT2D eigenvalue weighted by molar-refractivity contribution is -0.146. The Morgan fingerprint density at radius 1 is 1.11 bits per heavy atom. The van der Waals surface area contributed by atoms with Crippen LogP contribution in [0, 0.1) is 0 Å². The van der Waals surface area contributed by atoms with E-state index in [1.165, 1.54) is 11.3 Å². The molecule has 2 heterocycles. The van der Waals surface area contributed by atoms with Gasteiger partial charge < -0.3 is 20.3 Å². The molecule has 2 aliphatic heterocycles. The number of carbonyl (C=O) groups excluding carboxylic acids is 1. The fourth-order valence-electron chi connectivity index (χ4n) is 3.81. The van der Waals surface area contributed by atoms with E-state index in [4.69, 9.17) is 4.74 Å². The monoisotopic (exact) mass is 365 g/mol. The fraction of sp³-hybridized carbons (Fsp3) is 0.409. The van der Waals surface area contributed by atoms with Crippen molar-refractivity contribution in [3.8, 4) is 0 Å². The number of nitrogens with one attached hydrogen (secondary N) is 2. The van der Waals surface area contributed by atoms with Crippen molar-refractivity contribution in [2.75, 3.05) is 36.4 Å². The lowest BCUT2D eigenvalue weighted by atomic mass is 10.1. The van der Waals surface area contributed by atoms with Crippen LogP contribution in [0.5, 0.6) is 0 Å². The number of nitrogens with zero attached hydrogens (tertiary/aromatic N) is 1. The van der Waals surface area contributed by atoms with Gasteiger partial charge in [-0.2, -0.15) is 0 Å². The summed E-state index contributed by atoms with van der Waals surface area (Å²) in [6.07, 6.45) is 2.77. The number of aryl methyl sites for hydroxylation is 1. The largest absolute Gasteiger partial charge is 0.459 e. The predicted octanol–water partition coefficient (Wildman–Crippen LogP) is 2.96. The van der Waals surface area contributed by atoms with E-state index in [9.17, 15) is 4.79 Å². The average Bonchev–Trinajstić information content (AvgIpc) is 2.95. The Morgan fingerprint density at radius 2 is 1.93 bits per heavy atom. The zero-order valence-corrected chi connectivity index (χ0v) is 15.6. The minimum atomic E-state index is -0.278. The average molecular weight is 365 g/mol. The summed E-state index contributed by atoms with van der Waals surface area (Å²) in [6.45, 7) is 4.48. The molecule has 0 bridgehead atoms. The topological polar surface area (TPSA) is 53.6 Å². The van der Waals surface area contributed by atoms with Gasteiger partial charge in [-0.25, -0.2) is 4.79 Å². The van der Waals surface area contributed by atoms with Gasteiger partial charge in [-0.3, -0.25) is 0 Å². The third-order valence-corrected chi connectivity index (χ3v) is 5.35. The van der Waals surface area contributed by atoms with Crippen LogP contribution < -0.4 is 15.5 Å². The number of benzene rings is 2. The molecule has 5 heteroatoms. The van der Waals surface area contributed by atoms with Gasteiger partial charge in [0.25, 0.3) is 0 Å². The van der Waals surface area contributed by atoms with Crippen LogP contribution in [0.4, 0.5) is 11.4 Å². The molecular formula is C22H27N3O2. The Bertz CT molecular complexity index is 772. The van der Waals surface area contributed by atoms with Crippen molar-refractivity contribution in [2.45, 2.75) is 31.9 Å². The Hall–Kier alpha value is -2.53. The first-order valence-electron chi connectivity index (χ1n) is 9.85. The van der Waals surface area contributed by atoms with E-state index in [-0.39, 0.29) is 12.0 Å². The number of anilines is 2. The van der Waals surface area contributed by atoms with Crippen molar-refractivity contribution in [2.24, 2.45) is 0 Å². The number of ether oxygens (including phenoxy) is 1. The van der Waals surface area contributed by atoms with E-state index in [1.807, 2.05) is 30.3 Å². The molecule has 142 valence electrons. The van der Waals surface area contributed by atoms with E-state index in [2.05, 4.69) is 33.7 Å². The maximum atomic E-state index is 12.5. The number of rotatable bonds is 4. The summed E-state index contributed by atoms with van der Waals surface area (Å²) in [6, 6.07) is 16.1. The van der Waals surface area contributed by atoms with Crippen molar-refractivity contribution in [1.82, 2.24) is 5.32 Å². The van der Waals surface area contributed by atoms with Crippen LogP contribution in [-0.2, 0) is 22.6 Å². The molecule has 5 nitrogen and oxygen atoms in total. The Morgan fingerprint density at radius 3 is 2.74 bits per heavy atom. The maximum Gasteiger partial charge on any atom is 0.328 e. The minimum Gasteiger partial charge on any atom is -0.459 e. The van der Waals surface area contributed by atoms with Crippen LogP contribution in [0.25, 0.3) is 0 Å². The van der Waals surface area contributed by atoms with Crippen LogP contribution >= 0.6 is 0 Å². The number of hydrogen-bond acceptors (Lipinski definition) is 5. The number of carbonyl (C=O) groups is 1. The highest BCUT2D eigenvalue weighted by Gasteiger charge is 2.24. The normalized spacial score (nSPS) is 19.6. The first kappa shape index (κ1) is 17.9. The molecule has 0 saturated carbocycles. The van der Waals surface area contributed by atoms with Crippen molar-refractivity contribution in [1.29, 1.82) is 0 Å². The Balaban J connectivity index is 1.41. The van der Waals surface area contributed by atoms with Crippen LogP contribution in [0.15, 0.2) is 48.5 Å². The first-order valence-corrected chi connectivity index (χ1v) is 9.85. The van der Waals surface area contributed by atoms with Gasteiger partial charge in [0.2, 0.25) is 0 Å². The van der Waals surface area contributed by atoms with Crippen LogP contribution in [-0.4, -0.2) is 38.2 Å². The lowest BCUT2D eigenvalue weighted by Crippen LogP contribution is -2.43. The molecule has 2 aliphatic rings. The van der Waals surface area contributed by atoms with Crippen molar-refractivity contribution < 1.29 is 9.53 Å². The highest BCUT2D eigenvalue weighted by molar-refractivity contribution is 5.80. The van der Waals surface area contributed by atoms with Gasteiger partial charge in [0.1, 0.15) is 12.6 Å².